The summed E-state index contributed by atoms with van der Waals surface area (Å²) in [7, 11) is 0. The number of nitrogens with zero attached hydrogens (tertiary/aromatic N) is 3. The Morgan fingerprint density at radius 1 is 0.933 bits per heavy atom. The maximum atomic E-state index is 6.16. The Labute approximate surface area is 184 Å². The molecule has 2 heterocycles. The Balaban J connectivity index is 1.56. The van der Waals surface area contributed by atoms with Gasteiger partial charge in [-0.15, -0.1) is 0 Å². The minimum atomic E-state index is -0.0729. The highest BCUT2D eigenvalue weighted by atomic mass is 79.9. The lowest BCUT2D eigenvalue weighted by molar-refractivity contribution is 0.227. The van der Waals surface area contributed by atoms with Crippen LogP contribution in [-0.2, 0) is 0 Å². The van der Waals surface area contributed by atoms with Gasteiger partial charge in [-0.25, -0.2) is 15.0 Å². The van der Waals surface area contributed by atoms with Crippen LogP contribution in [0.2, 0.25) is 0 Å². The smallest absolute Gasteiger partial charge is 0.164 e. The van der Waals surface area contributed by atoms with Crippen molar-refractivity contribution < 1.29 is 4.74 Å². The first-order valence-corrected chi connectivity index (χ1v) is 10.7. The van der Waals surface area contributed by atoms with Crippen molar-refractivity contribution in [1.29, 1.82) is 0 Å². The molecule has 6 heteroatoms. The number of fused-ring (bicyclic) bond motifs is 1. The molecule has 4 rings (SSSR count). The van der Waals surface area contributed by atoms with E-state index in [0.717, 1.165) is 38.4 Å². The van der Waals surface area contributed by atoms with Crippen molar-refractivity contribution in [3.05, 3.63) is 82.7 Å². The van der Waals surface area contributed by atoms with E-state index in [1.54, 1.807) is 0 Å². The molecule has 2 aromatic heterocycles. The molecule has 0 aliphatic carbocycles. The van der Waals surface area contributed by atoms with Gasteiger partial charge in [0.25, 0.3) is 0 Å². The minimum Gasteiger partial charge on any atom is -0.486 e. The highest BCUT2D eigenvalue weighted by Crippen LogP contribution is 2.28. The number of aromatic nitrogens is 3. The lowest BCUT2D eigenvalue weighted by Gasteiger charge is -2.16. The molecular weight excluding hydrogens is 440 g/mol. The van der Waals surface area contributed by atoms with E-state index in [2.05, 4.69) is 62.2 Å². The van der Waals surface area contributed by atoms with Gasteiger partial charge in [0.1, 0.15) is 24.0 Å². The maximum absolute atomic E-state index is 6.16. The van der Waals surface area contributed by atoms with Crippen LogP contribution in [0.5, 0.6) is 5.75 Å². The molecule has 0 fully saturated rings. The molecule has 2 aromatic carbocycles. The third-order valence-corrected chi connectivity index (χ3v) is 5.33. The number of anilines is 2. The SMILES string of the molecule is CC(C)c1ccc2c(Nc3cccc(OC(C)c4cccc(Br)c4)c3)ncnc2n1. The third kappa shape index (κ3) is 4.60. The van der Waals surface area contributed by atoms with Gasteiger partial charge in [0.05, 0.1) is 5.39 Å². The predicted molar refractivity (Wildman–Crippen MR) is 124 cm³/mol. The second-order valence-electron chi connectivity index (χ2n) is 7.45. The lowest BCUT2D eigenvalue weighted by atomic mass is 10.1. The zero-order valence-corrected chi connectivity index (χ0v) is 18.7. The van der Waals surface area contributed by atoms with Gasteiger partial charge in [0.15, 0.2) is 5.65 Å². The number of rotatable bonds is 6. The largest absolute Gasteiger partial charge is 0.486 e. The maximum Gasteiger partial charge on any atom is 0.164 e. The van der Waals surface area contributed by atoms with Crippen LogP contribution in [0.15, 0.2) is 71.5 Å². The molecule has 0 saturated heterocycles. The van der Waals surface area contributed by atoms with Gasteiger partial charge in [0.2, 0.25) is 0 Å². The summed E-state index contributed by atoms with van der Waals surface area (Å²) in [6, 6.07) is 20.1. The van der Waals surface area contributed by atoms with E-state index >= 15 is 0 Å². The van der Waals surface area contributed by atoms with Crippen molar-refractivity contribution >= 4 is 38.5 Å². The van der Waals surface area contributed by atoms with Crippen LogP contribution in [0.25, 0.3) is 11.0 Å². The molecular formula is C24H23BrN4O. The summed E-state index contributed by atoms with van der Waals surface area (Å²) in [6.07, 6.45) is 1.47. The highest BCUT2D eigenvalue weighted by Gasteiger charge is 2.11. The van der Waals surface area contributed by atoms with Crippen LogP contribution in [0, 0.1) is 0 Å². The summed E-state index contributed by atoms with van der Waals surface area (Å²) in [5, 5.41) is 4.26. The van der Waals surface area contributed by atoms with Gasteiger partial charge in [0, 0.05) is 21.9 Å². The third-order valence-electron chi connectivity index (χ3n) is 4.84. The molecule has 0 saturated carbocycles. The van der Waals surface area contributed by atoms with Crippen molar-refractivity contribution in [2.24, 2.45) is 0 Å². The standard InChI is InChI=1S/C24H23BrN4O/c1-15(2)22-11-10-21-23(26-14-27-24(21)29-22)28-19-8-5-9-20(13-19)30-16(3)17-6-4-7-18(25)12-17/h4-16H,1-3H3,(H,26,27,28,29). The number of nitrogens with one attached hydrogen (secondary N) is 1. The molecule has 0 radical (unpaired) electrons. The number of pyridine rings is 1. The Morgan fingerprint density at radius 3 is 2.57 bits per heavy atom. The van der Waals surface area contributed by atoms with Crippen LogP contribution >= 0.6 is 15.9 Å². The fourth-order valence-electron chi connectivity index (χ4n) is 3.19. The number of hydrogen-bond acceptors (Lipinski definition) is 5. The van der Waals surface area contributed by atoms with E-state index in [-0.39, 0.29) is 6.10 Å². The quantitative estimate of drug-likeness (QED) is 0.341. The Kier molecular flexibility index (Phi) is 5.95. The first-order chi connectivity index (χ1) is 14.5. The van der Waals surface area contributed by atoms with Crippen molar-refractivity contribution in [3.63, 3.8) is 0 Å². The summed E-state index contributed by atoms with van der Waals surface area (Å²) >= 11 is 3.51. The highest BCUT2D eigenvalue weighted by molar-refractivity contribution is 9.10. The van der Waals surface area contributed by atoms with E-state index in [1.165, 1.54) is 6.33 Å². The van der Waals surface area contributed by atoms with Gasteiger partial charge in [-0.2, -0.15) is 0 Å². The van der Waals surface area contributed by atoms with E-state index in [4.69, 9.17) is 4.74 Å². The van der Waals surface area contributed by atoms with Crippen LogP contribution in [0.4, 0.5) is 11.5 Å². The summed E-state index contributed by atoms with van der Waals surface area (Å²) in [5.74, 6) is 1.85. The van der Waals surface area contributed by atoms with Crippen LogP contribution in [0.3, 0.4) is 0 Å². The second kappa shape index (κ2) is 8.79. The van der Waals surface area contributed by atoms with Crippen molar-refractivity contribution in [2.45, 2.75) is 32.8 Å². The van der Waals surface area contributed by atoms with Gasteiger partial charge >= 0.3 is 0 Å². The number of halogens is 1. The summed E-state index contributed by atoms with van der Waals surface area (Å²) in [6.45, 7) is 6.28. The molecule has 0 bridgehead atoms. The first kappa shape index (κ1) is 20.3. The molecule has 1 unspecified atom stereocenters. The topological polar surface area (TPSA) is 59.9 Å². The number of hydrogen-bond donors (Lipinski definition) is 1. The minimum absolute atomic E-state index is 0.0729. The van der Waals surface area contributed by atoms with E-state index in [9.17, 15) is 0 Å². The van der Waals surface area contributed by atoms with E-state index < -0.39 is 0 Å². The second-order valence-corrected chi connectivity index (χ2v) is 8.37. The molecule has 152 valence electrons. The normalized spacial score (nSPS) is 12.2. The first-order valence-electron chi connectivity index (χ1n) is 9.90. The fourth-order valence-corrected chi connectivity index (χ4v) is 3.61. The van der Waals surface area contributed by atoms with Crippen LogP contribution < -0.4 is 10.1 Å². The van der Waals surface area contributed by atoms with Gasteiger partial charge in [-0.3, -0.25) is 0 Å². The zero-order valence-electron chi connectivity index (χ0n) is 17.1. The fraction of sp³-hybridized carbons (Fsp3) is 0.208. The molecule has 0 aliphatic rings. The summed E-state index contributed by atoms with van der Waals surface area (Å²) in [4.78, 5) is 13.4. The Bertz CT molecular complexity index is 1180. The number of ether oxygens (including phenoxy) is 1. The average Bonchev–Trinajstić information content (AvgIpc) is 2.74. The van der Waals surface area contributed by atoms with Crippen molar-refractivity contribution in [2.75, 3.05) is 5.32 Å². The molecule has 1 N–H and O–H groups in total. The van der Waals surface area contributed by atoms with Gasteiger partial charge < -0.3 is 10.1 Å². The molecule has 5 nitrogen and oxygen atoms in total. The number of benzene rings is 2. The molecule has 0 aliphatic heterocycles. The van der Waals surface area contributed by atoms with Crippen LogP contribution in [0.1, 0.15) is 44.1 Å². The van der Waals surface area contributed by atoms with E-state index in [0.29, 0.717) is 11.6 Å². The molecule has 30 heavy (non-hydrogen) atoms. The summed E-state index contributed by atoms with van der Waals surface area (Å²) < 4.78 is 7.20. The molecule has 4 aromatic rings. The van der Waals surface area contributed by atoms with Gasteiger partial charge in [-0.1, -0.05) is 48.0 Å². The molecule has 0 amide bonds. The Hall–Kier alpha value is -2.99. The van der Waals surface area contributed by atoms with Gasteiger partial charge in [-0.05, 0) is 54.8 Å². The van der Waals surface area contributed by atoms with Crippen LogP contribution in [-0.4, -0.2) is 15.0 Å². The lowest BCUT2D eigenvalue weighted by Crippen LogP contribution is -2.03. The molecule has 0 spiro atoms. The molecule has 1 atom stereocenters. The van der Waals surface area contributed by atoms with Crippen molar-refractivity contribution in [1.82, 2.24) is 15.0 Å². The Morgan fingerprint density at radius 2 is 1.77 bits per heavy atom. The van der Waals surface area contributed by atoms with Crippen molar-refractivity contribution in [3.8, 4) is 5.75 Å². The average molecular weight is 463 g/mol. The van der Waals surface area contributed by atoms with E-state index in [1.807, 2.05) is 55.5 Å². The predicted octanol–water partition coefficient (Wildman–Crippen LogP) is 6.79. The zero-order chi connectivity index (χ0) is 21.1. The summed E-state index contributed by atoms with van der Waals surface area (Å²) in [5.41, 5.74) is 3.71. The monoisotopic (exact) mass is 462 g/mol.